The highest BCUT2D eigenvalue weighted by Crippen LogP contribution is 2.51. The lowest BCUT2D eigenvalue weighted by Gasteiger charge is -2.42. The number of hydrogen-bond acceptors (Lipinski definition) is 4. The van der Waals surface area contributed by atoms with Crippen LogP contribution in [-0.2, 0) is 16.1 Å². The number of hydrogen-bond donors (Lipinski definition) is 2. The molecule has 92 valence electrons. The Morgan fingerprint density at radius 1 is 1.29 bits per heavy atom. The summed E-state index contributed by atoms with van der Waals surface area (Å²) in [5.41, 5.74) is 1.67. The molecule has 17 heavy (non-hydrogen) atoms. The van der Waals surface area contributed by atoms with Crippen LogP contribution in [0.3, 0.4) is 0 Å². The Kier molecular flexibility index (Phi) is 3.51. The van der Waals surface area contributed by atoms with E-state index in [0.717, 1.165) is 11.1 Å². The molecule has 2 rings (SSSR count). The molecule has 4 nitrogen and oxygen atoms in total. The lowest BCUT2D eigenvalue weighted by Crippen LogP contribution is -2.24. The van der Waals surface area contributed by atoms with Gasteiger partial charge in [-0.15, -0.1) is 0 Å². The Morgan fingerprint density at radius 3 is 2.53 bits per heavy atom. The highest BCUT2D eigenvalue weighted by Gasteiger charge is 2.28. The van der Waals surface area contributed by atoms with E-state index >= 15 is 0 Å². The second-order valence-electron chi connectivity index (χ2n) is 3.99. The molecule has 1 aliphatic heterocycles. The summed E-state index contributed by atoms with van der Waals surface area (Å²) >= 11 is 0. The first kappa shape index (κ1) is 12.2. The largest absolute Gasteiger partial charge is 0.458 e. The molecule has 1 aromatic carbocycles. The molecule has 0 aliphatic carbocycles. The first-order valence-corrected chi connectivity index (χ1v) is 7.07. The van der Waals surface area contributed by atoms with E-state index in [2.05, 4.69) is 0 Å². The van der Waals surface area contributed by atoms with Crippen molar-refractivity contribution in [1.82, 2.24) is 0 Å². The van der Waals surface area contributed by atoms with E-state index in [9.17, 15) is 4.79 Å². The van der Waals surface area contributed by atoms with Crippen LogP contribution < -0.4 is 0 Å². The molecule has 0 spiro atoms. The summed E-state index contributed by atoms with van der Waals surface area (Å²) in [6, 6.07) is 9.40. The molecule has 0 amide bonds. The van der Waals surface area contributed by atoms with E-state index in [1.165, 1.54) is 6.08 Å². The van der Waals surface area contributed by atoms with E-state index in [0.29, 0.717) is 0 Å². The fourth-order valence-electron chi connectivity index (χ4n) is 1.57. The third-order valence-electron chi connectivity index (χ3n) is 2.38. The Morgan fingerprint density at radius 2 is 1.94 bits per heavy atom. The van der Waals surface area contributed by atoms with Gasteiger partial charge >= 0.3 is 5.97 Å². The second kappa shape index (κ2) is 4.91. The molecule has 0 unspecified atom stereocenters. The van der Waals surface area contributed by atoms with Gasteiger partial charge in [-0.05, 0) is 11.1 Å². The monoisotopic (exact) mass is 254 g/mol. The van der Waals surface area contributed by atoms with Crippen LogP contribution in [0.4, 0.5) is 0 Å². The van der Waals surface area contributed by atoms with E-state index in [1.807, 2.05) is 30.3 Å². The maximum absolute atomic E-state index is 11.4. The van der Waals surface area contributed by atoms with Crippen LogP contribution in [0.25, 0.3) is 0 Å². The van der Waals surface area contributed by atoms with Crippen molar-refractivity contribution in [2.75, 3.05) is 11.5 Å². The van der Waals surface area contributed by atoms with E-state index in [-0.39, 0.29) is 18.1 Å². The third-order valence-corrected chi connectivity index (χ3v) is 4.05. The van der Waals surface area contributed by atoms with Crippen LogP contribution >= 0.6 is 10.6 Å². The Bertz CT molecular complexity index is 429. The molecule has 0 radical (unpaired) electrons. The Hall–Kier alpha value is -1.30. The number of carbonyl (C=O) groups excluding carboxylic acids is 1. The fourth-order valence-corrected chi connectivity index (χ4v) is 2.84. The standard InChI is InChI=1S/C12H14O4S/c13-12(6-11-8-17(14,15)9-11)16-7-10-4-2-1-3-5-10/h1-6,14-15H,7-9H2. The molecule has 5 heteroatoms. The molecule has 1 saturated heterocycles. The average Bonchev–Trinajstić information content (AvgIpc) is 2.25. The van der Waals surface area contributed by atoms with Gasteiger partial charge in [-0.1, -0.05) is 30.3 Å². The molecule has 0 aromatic heterocycles. The predicted molar refractivity (Wildman–Crippen MR) is 66.9 cm³/mol. The molecule has 0 saturated carbocycles. The number of carbonyl (C=O) groups is 1. The zero-order valence-electron chi connectivity index (χ0n) is 9.20. The molecule has 1 heterocycles. The minimum absolute atomic E-state index is 0.202. The van der Waals surface area contributed by atoms with Crippen LogP contribution in [0, 0.1) is 0 Å². The summed E-state index contributed by atoms with van der Waals surface area (Å²) in [6.45, 7) is 0.236. The second-order valence-corrected chi connectivity index (χ2v) is 6.17. The van der Waals surface area contributed by atoms with E-state index in [1.54, 1.807) is 0 Å². The van der Waals surface area contributed by atoms with E-state index < -0.39 is 16.6 Å². The van der Waals surface area contributed by atoms with Crippen molar-refractivity contribution in [3.63, 3.8) is 0 Å². The normalized spacial score (nSPS) is 19.1. The van der Waals surface area contributed by atoms with Gasteiger partial charge in [0.25, 0.3) is 0 Å². The van der Waals surface area contributed by atoms with Gasteiger partial charge in [-0.2, -0.15) is 10.6 Å². The summed E-state index contributed by atoms with van der Waals surface area (Å²) in [7, 11) is -2.42. The molecule has 1 fully saturated rings. The first-order valence-electron chi connectivity index (χ1n) is 5.19. The van der Waals surface area contributed by atoms with Gasteiger partial charge in [0.05, 0.1) is 11.5 Å². The fraction of sp³-hybridized carbons (Fsp3) is 0.250. The number of benzene rings is 1. The van der Waals surface area contributed by atoms with Gasteiger partial charge in [0.1, 0.15) is 6.61 Å². The van der Waals surface area contributed by atoms with Gasteiger partial charge in [0.2, 0.25) is 0 Å². The van der Waals surface area contributed by atoms with Crippen molar-refractivity contribution >= 4 is 16.6 Å². The zero-order valence-corrected chi connectivity index (χ0v) is 10.0. The quantitative estimate of drug-likeness (QED) is 0.642. The highest BCUT2D eigenvalue weighted by molar-refractivity contribution is 8.26. The molecule has 1 aromatic rings. The van der Waals surface area contributed by atoms with Crippen LogP contribution in [0.2, 0.25) is 0 Å². The Balaban J connectivity index is 1.79. The zero-order chi connectivity index (χ0) is 12.3. The van der Waals surface area contributed by atoms with Crippen molar-refractivity contribution in [2.45, 2.75) is 6.61 Å². The summed E-state index contributed by atoms with van der Waals surface area (Å²) in [5, 5.41) is 0. The van der Waals surface area contributed by atoms with Crippen LogP contribution in [0.5, 0.6) is 0 Å². The Labute approximate surface area is 101 Å². The minimum Gasteiger partial charge on any atom is -0.458 e. The lowest BCUT2D eigenvalue weighted by atomic mass is 10.2. The number of esters is 1. The van der Waals surface area contributed by atoms with Gasteiger partial charge in [-0.25, -0.2) is 4.79 Å². The molecular weight excluding hydrogens is 240 g/mol. The van der Waals surface area contributed by atoms with Crippen LogP contribution in [-0.4, -0.2) is 26.6 Å². The maximum atomic E-state index is 11.4. The van der Waals surface area contributed by atoms with Gasteiger partial charge in [0.15, 0.2) is 0 Å². The molecular formula is C12H14O4S. The third kappa shape index (κ3) is 3.59. The molecule has 0 bridgehead atoms. The van der Waals surface area contributed by atoms with Gasteiger partial charge in [0, 0.05) is 6.08 Å². The maximum Gasteiger partial charge on any atom is 0.331 e. The van der Waals surface area contributed by atoms with Gasteiger partial charge in [-0.3, -0.25) is 9.11 Å². The molecule has 1 aliphatic rings. The summed E-state index contributed by atoms with van der Waals surface area (Å²) in [5.74, 6) is -0.0281. The molecule has 0 atom stereocenters. The van der Waals surface area contributed by atoms with Crippen molar-refractivity contribution in [3.05, 3.63) is 47.5 Å². The van der Waals surface area contributed by atoms with Crippen molar-refractivity contribution in [1.29, 1.82) is 0 Å². The summed E-state index contributed by atoms with van der Waals surface area (Å²) in [6.07, 6.45) is 1.35. The smallest absolute Gasteiger partial charge is 0.331 e. The van der Waals surface area contributed by atoms with Crippen LogP contribution in [0.15, 0.2) is 42.0 Å². The first-order chi connectivity index (χ1) is 8.05. The van der Waals surface area contributed by atoms with Crippen molar-refractivity contribution in [2.24, 2.45) is 0 Å². The van der Waals surface area contributed by atoms with Crippen LogP contribution in [0.1, 0.15) is 5.56 Å². The van der Waals surface area contributed by atoms with Crippen molar-refractivity contribution < 1.29 is 18.6 Å². The topological polar surface area (TPSA) is 66.8 Å². The number of rotatable bonds is 3. The van der Waals surface area contributed by atoms with Crippen molar-refractivity contribution in [3.8, 4) is 0 Å². The van der Waals surface area contributed by atoms with E-state index in [4.69, 9.17) is 13.8 Å². The summed E-state index contributed by atoms with van der Waals surface area (Å²) in [4.78, 5) is 11.4. The average molecular weight is 254 g/mol. The molecule has 2 N–H and O–H groups in total. The highest BCUT2D eigenvalue weighted by atomic mass is 32.3. The number of ether oxygens (including phenoxy) is 1. The van der Waals surface area contributed by atoms with Gasteiger partial charge < -0.3 is 4.74 Å². The lowest BCUT2D eigenvalue weighted by molar-refractivity contribution is -0.139. The minimum atomic E-state index is -2.42. The predicted octanol–water partition coefficient (Wildman–Crippen LogP) is 2.42. The SMILES string of the molecule is O=C(C=C1CS(O)(O)C1)OCc1ccccc1. The summed E-state index contributed by atoms with van der Waals surface area (Å²) < 4.78 is 23.3.